The van der Waals surface area contributed by atoms with Gasteiger partial charge in [0.25, 0.3) is 0 Å². The van der Waals surface area contributed by atoms with Crippen LogP contribution in [0.4, 0.5) is 0 Å². The van der Waals surface area contributed by atoms with Crippen molar-refractivity contribution in [3.63, 3.8) is 0 Å². The zero-order valence-corrected chi connectivity index (χ0v) is 18.8. The smallest absolute Gasteiger partial charge is 0.308 e. The Bertz CT molecular complexity index is 746. The summed E-state index contributed by atoms with van der Waals surface area (Å²) in [4.78, 5) is 13.0. The Labute approximate surface area is 183 Å². The lowest BCUT2D eigenvalue weighted by atomic mass is 10.1. The van der Waals surface area contributed by atoms with Crippen molar-refractivity contribution in [2.45, 2.75) is 69.7 Å². The van der Waals surface area contributed by atoms with Crippen molar-refractivity contribution < 1.29 is 23.6 Å². The number of para-hydroxylation sites is 1. The first kappa shape index (κ1) is 24.3. The molecule has 2 unspecified atom stereocenters. The molecule has 30 heavy (non-hydrogen) atoms. The van der Waals surface area contributed by atoms with Crippen molar-refractivity contribution in [3.05, 3.63) is 60.2 Å². The second-order valence-corrected chi connectivity index (χ2v) is 8.25. The Hall–Kier alpha value is -2.02. The Kier molecular flexibility index (Phi) is 10.2. The number of benzene rings is 2. The standard InChI is InChI=1S/C24H32O5S/c1-4-5-13-23(25)28-24(3,26)22(29-30-21-16-14-19(2)15-17-21)12-9-18-27-20-10-7-6-8-11-20/h6-8,10-11,14-17,22,26H,4-5,9,12-13,18H2,1-3H3. The van der Waals surface area contributed by atoms with Gasteiger partial charge in [0, 0.05) is 30.3 Å². The summed E-state index contributed by atoms with van der Waals surface area (Å²) in [6, 6.07) is 17.5. The fraction of sp³-hybridized carbons (Fsp3) is 0.458. The van der Waals surface area contributed by atoms with E-state index in [1.54, 1.807) is 0 Å². The van der Waals surface area contributed by atoms with Gasteiger partial charge in [0.2, 0.25) is 5.79 Å². The molecule has 0 aliphatic carbocycles. The number of carbonyl (C=O) groups is 1. The van der Waals surface area contributed by atoms with Crippen LogP contribution in [0.1, 0.15) is 51.5 Å². The molecular weight excluding hydrogens is 400 g/mol. The first-order chi connectivity index (χ1) is 14.4. The lowest BCUT2D eigenvalue weighted by molar-refractivity contribution is -0.232. The second kappa shape index (κ2) is 12.6. The largest absolute Gasteiger partial charge is 0.494 e. The van der Waals surface area contributed by atoms with Crippen LogP contribution in [0.5, 0.6) is 5.75 Å². The van der Waals surface area contributed by atoms with E-state index in [-0.39, 0.29) is 6.42 Å². The van der Waals surface area contributed by atoms with Crippen LogP contribution in [0.2, 0.25) is 0 Å². The van der Waals surface area contributed by atoms with Crippen LogP contribution in [-0.4, -0.2) is 29.6 Å². The van der Waals surface area contributed by atoms with E-state index < -0.39 is 17.9 Å². The van der Waals surface area contributed by atoms with Gasteiger partial charge in [0.05, 0.1) is 6.61 Å². The molecule has 0 radical (unpaired) electrons. The summed E-state index contributed by atoms with van der Waals surface area (Å²) in [5, 5.41) is 10.9. The van der Waals surface area contributed by atoms with Gasteiger partial charge in [-0.2, -0.15) is 0 Å². The third kappa shape index (κ3) is 8.78. The molecule has 2 rings (SSSR count). The lowest BCUT2D eigenvalue weighted by Gasteiger charge is -2.31. The summed E-state index contributed by atoms with van der Waals surface area (Å²) in [6.45, 7) is 5.97. The van der Waals surface area contributed by atoms with Crippen molar-refractivity contribution in [1.29, 1.82) is 0 Å². The lowest BCUT2D eigenvalue weighted by Crippen LogP contribution is -2.44. The molecule has 0 saturated heterocycles. The molecule has 0 aliphatic heterocycles. The zero-order chi connectivity index (χ0) is 21.8. The number of carbonyl (C=O) groups excluding carboxylic acids is 1. The number of esters is 1. The van der Waals surface area contributed by atoms with Gasteiger partial charge in [-0.1, -0.05) is 49.2 Å². The molecule has 5 nitrogen and oxygen atoms in total. The highest BCUT2D eigenvalue weighted by atomic mass is 32.2. The monoisotopic (exact) mass is 432 g/mol. The first-order valence-electron chi connectivity index (χ1n) is 10.4. The quantitative estimate of drug-likeness (QED) is 0.190. The SMILES string of the molecule is CCCCC(=O)OC(C)(O)C(CCCOc1ccccc1)OSc1ccc(C)cc1. The molecule has 2 aromatic rings. The molecule has 2 aromatic carbocycles. The minimum absolute atomic E-state index is 0.279. The summed E-state index contributed by atoms with van der Waals surface area (Å²) < 4.78 is 17.0. The minimum atomic E-state index is -1.73. The summed E-state index contributed by atoms with van der Waals surface area (Å²) in [6.07, 6.45) is 2.30. The van der Waals surface area contributed by atoms with Gasteiger partial charge in [-0.25, -0.2) is 0 Å². The molecule has 164 valence electrons. The fourth-order valence-corrected chi connectivity index (χ4v) is 3.51. The van der Waals surface area contributed by atoms with Crippen molar-refractivity contribution in [2.24, 2.45) is 0 Å². The van der Waals surface area contributed by atoms with Crippen LogP contribution in [-0.2, 0) is 13.7 Å². The molecule has 0 saturated carbocycles. The first-order valence-corrected chi connectivity index (χ1v) is 11.2. The maximum absolute atomic E-state index is 12.1. The van der Waals surface area contributed by atoms with Gasteiger partial charge in [0.1, 0.15) is 11.9 Å². The van der Waals surface area contributed by atoms with Gasteiger partial charge in [-0.05, 0) is 50.5 Å². The number of aryl methyl sites for hydroxylation is 1. The Balaban J connectivity index is 1.94. The number of unbranched alkanes of at least 4 members (excludes halogenated alkanes) is 1. The third-order valence-electron chi connectivity index (χ3n) is 4.56. The van der Waals surface area contributed by atoms with Crippen molar-refractivity contribution >= 4 is 18.0 Å². The van der Waals surface area contributed by atoms with Crippen LogP contribution >= 0.6 is 12.0 Å². The average molecular weight is 433 g/mol. The zero-order valence-electron chi connectivity index (χ0n) is 18.0. The molecule has 1 N–H and O–H groups in total. The fourth-order valence-electron chi connectivity index (χ4n) is 2.76. The molecule has 0 amide bonds. The molecular formula is C24H32O5S. The van der Waals surface area contributed by atoms with E-state index in [4.69, 9.17) is 13.7 Å². The Morgan fingerprint density at radius 1 is 1.10 bits per heavy atom. The van der Waals surface area contributed by atoms with Crippen molar-refractivity contribution in [2.75, 3.05) is 6.61 Å². The molecule has 0 heterocycles. The summed E-state index contributed by atoms with van der Waals surface area (Å²) in [7, 11) is 0. The van der Waals surface area contributed by atoms with E-state index in [0.29, 0.717) is 19.4 Å². The van der Waals surface area contributed by atoms with E-state index >= 15 is 0 Å². The van der Waals surface area contributed by atoms with Crippen LogP contribution in [0, 0.1) is 6.92 Å². The third-order valence-corrected chi connectivity index (χ3v) is 5.35. The van der Waals surface area contributed by atoms with Crippen LogP contribution < -0.4 is 4.74 Å². The number of hydrogen-bond donors (Lipinski definition) is 1. The highest BCUT2D eigenvalue weighted by Gasteiger charge is 2.37. The van der Waals surface area contributed by atoms with Crippen LogP contribution in [0.15, 0.2) is 59.5 Å². The van der Waals surface area contributed by atoms with Crippen molar-refractivity contribution in [1.82, 2.24) is 0 Å². The number of ether oxygens (including phenoxy) is 2. The Morgan fingerprint density at radius 3 is 2.47 bits per heavy atom. The molecule has 0 aliphatic rings. The summed E-state index contributed by atoms with van der Waals surface area (Å²) >= 11 is 1.17. The number of rotatable bonds is 13. The average Bonchev–Trinajstić information content (AvgIpc) is 2.73. The Morgan fingerprint density at radius 2 is 1.80 bits per heavy atom. The van der Waals surface area contributed by atoms with Gasteiger partial charge < -0.3 is 18.8 Å². The van der Waals surface area contributed by atoms with E-state index in [2.05, 4.69) is 0 Å². The van der Waals surface area contributed by atoms with E-state index in [0.717, 1.165) is 29.1 Å². The number of hydrogen-bond acceptors (Lipinski definition) is 6. The maximum atomic E-state index is 12.1. The predicted octanol–water partition coefficient (Wildman–Crippen LogP) is 5.69. The maximum Gasteiger partial charge on any atom is 0.308 e. The van der Waals surface area contributed by atoms with Crippen LogP contribution in [0.25, 0.3) is 0 Å². The van der Waals surface area contributed by atoms with Crippen molar-refractivity contribution in [3.8, 4) is 5.75 Å². The molecule has 0 bridgehead atoms. The van der Waals surface area contributed by atoms with E-state index in [9.17, 15) is 9.90 Å². The molecule has 6 heteroatoms. The highest BCUT2D eigenvalue weighted by Crippen LogP contribution is 2.29. The van der Waals surface area contributed by atoms with Gasteiger partial charge in [-0.3, -0.25) is 4.79 Å². The van der Waals surface area contributed by atoms with Gasteiger partial charge in [0.15, 0.2) is 0 Å². The normalized spacial score (nSPS) is 14.0. The predicted molar refractivity (Wildman–Crippen MR) is 119 cm³/mol. The molecule has 0 spiro atoms. The van der Waals surface area contributed by atoms with E-state index in [1.807, 2.05) is 68.4 Å². The van der Waals surface area contributed by atoms with E-state index in [1.165, 1.54) is 19.0 Å². The minimum Gasteiger partial charge on any atom is -0.494 e. The van der Waals surface area contributed by atoms with Gasteiger partial charge in [-0.15, -0.1) is 0 Å². The molecule has 2 atom stereocenters. The molecule has 0 aromatic heterocycles. The molecule has 0 fully saturated rings. The van der Waals surface area contributed by atoms with Crippen LogP contribution in [0.3, 0.4) is 0 Å². The highest BCUT2D eigenvalue weighted by molar-refractivity contribution is 7.94. The second-order valence-electron chi connectivity index (χ2n) is 7.42. The summed E-state index contributed by atoms with van der Waals surface area (Å²) in [5.74, 6) is -1.35. The topological polar surface area (TPSA) is 65.0 Å². The van der Waals surface area contributed by atoms with Gasteiger partial charge >= 0.3 is 5.97 Å². The number of aliphatic hydroxyl groups is 1. The summed E-state index contributed by atoms with van der Waals surface area (Å²) in [5.41, 5.74) is 1.16.